The summed E-state index contributed by atoms with van der Waals surface area (Å²) in [6.07, 6.45) is 1.50. The standard InChI is InChI=1S/C21H16BrFN2O3S/c1-27-18-10-15(6-7-17(18)28-9-8-22)25-12-24-16-11-19(29-20(16)21(25)26)13-2-4-14(23)5-3-13/h2-7,10-12H,8-9H2,1H3. The van der Waals surface area contributed by atoms with Gasteiger partial charge in [-0.25, -0.2) is 9.37 Å². The lowest BCUT2D eigenvalue weighted by Gasteiger charge is -2.12. The maximum atomic E-state index is 13.2. The second-order valence-electron chi connectivity index (χ2n) is 6.12. The Labute approximate surface area is 178 Å². The van der Waals surface area contributed by atoms with Crippen molar-refractivity contribution in [2.75, 3.05) is 19.0 Å². The van der Waals surface area contributed by atoms with Crippen molar-refractivity contribution in [3.05, 3.63) is 71.0 Å². The van der Waals surface area contributed by atoms with Crippen LogP contribution in [0.4, 0.5) is 4.39 Å². The zero-order valence-electron chi connectivity index (χ0n) is 15.4. The van der Waals surface area contributed by atoms with E-state index in [1.54, 1.807) is 37.4 Å². The Hall–Kier alpha value is -2.71. The van der Waals surface area contributed by atoms with Gasteiger partial charge in [-0.2, -0.15) is 0 Å². The zero-order valence-corrected chi connectivity index (χ0v) is 17.8. The van der Waals surface area contributed by atoms with Gasteiger partial charge in [0, 0.05) is 16.3 Å². The van der Waals surface area contributed by atoms with E-state index in [1.165, 1.54) is 34.4 Å². The zero-order chi connectivity index (χ0) is 20.4. The first-order chi connectivity index (χ1) is 14.1. The summed E-state index contributed by atoms with van der Waals surface area (Å²) < 4.78 is 26.2. The SMILES string of the molecule is COc1cc(-n2cnc3cc(-c4ccc(F)cc4)sc3c2=O)ccc1OCCBr. The molecule has 0 fully saturated rings. The van der Waals surface area contributed by atoms with Crippen LogP contribution in [0, 0.1) is 5.82 Å². The van der Waals surface area contributed by atoms with Crippen LogP contribution in [0.1, 0.15) is 0 Å². The molecular formula is C21H16BrFN2O3S. The number of fused-ring (bicyclic) bond motifs is 1. The molecule has 0 aliphatic rings. The van der Waals surface area contributed by atoms with Crippen LogP contribution in [-0.2, 0) is 0 Å². The molecule has 4 aromatic rings. The molecule has 0 unspecified atom stereocenters. The molecule has 29 heavy (non-hydrogen) atoms. The average Bonchev–Trinajstić information content (AvgIpc) is 3.18. The first-order valence-electron chi connectivity index (χ1n) is 8.75. The largest absolute Gasteiger partial charge is 0.493 e. The monoisotopic (exact) mass is 474 g/mol. The Morgan fingerprint density at radius 2 is 1.93 bits per heavy atom. The highest BCUT2D eigenvalue weighted by molar-refractivity contribution is 9.09. The number of methoxy groups -OCH3 is 1. The topological polar surface area (TPSA) is 53.4 Å². The predicted molar refractivity (Wildman–Crippen MR) is 116 cm³/mol. The number of hydrogen-bond acceptors (Lipinski definition) is 5. The van der Waals surface area contributed by atoms with Crippen LogP contribution >= 0.6 is 27.3 Å². The normalized spacial score (nSPS) is 11.0. The van der Waals surface area contributed by atoms with Gasteiger partial charge in [0.05, 0.1) is 24.9 Å². The van der Waals surface area contributed by atoms with E-state index >= 15 is 0 Å². The number of nitrogens with zero attached hydrogens (tertiary/aromatic N) is 2. The fraction of sp³-hybridized carbons (Fsp3) is 0.143. The maximum absolute atomic E-state index is 13.2. The summed E-state index contributed by atoms with van der Waals surface area (Å²) in [5.74, 6) is 0.842. The number of aromatic nitrogens is 2. The smallest absolute Gasteiger partial charge is 0.275 e. The Bertz CT molecular complexity index is 1220. The summed E-state index contributed by atoms with van der Waals surface area (Å²) in [4.78, 5) is 18.4. The van der Waals surface area contributed by atoms with E-state index in [0.29, 0.717) is 39.3 Å². The van der Waals surface area contributed by atoms with Gasteiger partial charge in [0.25, 0.3) is 5.56 Å². The lowest BCUT2D eigenvalue weighted by molar-refractivity contribution is 0.314. The van der Waals surface area contributed by atoms with Gasteiger partial charge in [-0.05, 0) is 35.9 Å². The third-order valence-corrected chi connectivity index (χ3v) is 5.81. The van der Waals surface area contributed by atoms with Gasteiger partial charge >= 0.3 is 0 Å². The molecule has 0 saturated heterocycles. The number of benzene rings is 2. The van der Waals surface area contributed by atoms with Crippen molar-refractivity contribution < 1.29 is 13.9 Å². The summed E-state index contributed by atoms with van der Waals surface area (Å²) in [6.45, 7) is 0.504. The second-order valence-corrected chi connectivity index (χ2v) is 7.97. The minimum atomic E-state index is -0.298. The van der Waals surface area contributed by atoms with Crippen LogP contribution in [0.2, 0.25) is 0 Å². The van der Waals surface area contributed by atoms with Gasteiger partial charge in [-0.3, -0.25) is 9.36 Å². The number of halogens is 2. The highest BCUT2D eigenvalue weighted by atomic mass is 79.9. The molecule has 0 atom stereocenters. The van der Waals surface area contributed by atoms with E-state index in [-0.39, 0.29) is 11.4 Å². The van der Waals surface area contributed by atoms with Gasteiger partial charge in [0.2, 0.25) is 0 Å². The molecular weight excluding hydrogens is 459 g/mol. The molecule has 2 aromatic carbocycles. The molecule has 0 amide bonds. The molecule has 2 aromatic heterocycles. The van der Waals surface area contributed by atoms with Gasteiger partial charge in [0.1, 0.15) is 16.8 Å². The highest BCUT2D eigenvalue weighted by Crippen LogP contribution is 2.32. The number of rotatable bonds is 6. The number of hydrogen-bond donors (Lipinski definition) is 0. The Morgan fingerprint density at radius 1 is 1.14 bits per heavy atom. The molecule has 148 valence electrons. The van der Waals surface area contributed by atoms with Crippen molar-refractivity contribution in [1.29, 1.82) is 0 Å². The maximum Gasteiger partial charge on any atom is 0.275 e. The molecule has 5 nitrogen and oxygen atoms in total. The van der Waals surface area contributed by atoms with Crippen LogP contribution in [-0.4, -0.2) is 28.6 Å². The van der Waals surface area contributed by atoms with Crippen molar-refractivity contribution in [1.82, 2.24) is 9.55 Å². The lowest BCUT2D eigenvalue weighted by Crippen LogP contribution is -2.17. The predicted octanol–water partition coefficient (Wildman–Crippen LogP) is 5.04. The molecule has 0 saturated carbocycles. The number of thiophene rings is 1. The Balaban J connectivity index is 1.76. The summed E-state index contributed by atoms with van der Waals surface area (Å²) in [7, 11) is 1.55. The van der Waals surface area contributed by atoms with Crippen LogP contribution in [0.15, 0.2) is 59.7 Å². The van der Waals surface area contributed by atoms with Crippen molar-refractivity contribution in [2.45, 2.75) is 0 Å². The van der Waals surface area contributed by atoms with Crippen LogP contribution < -0.4 is 15.0 Å². The summed E-state index contributed by atoms with van der Waals surface area (Å²) in [5, 5.41) is 0.701. The molecule has 0 N–H and O–H groups in total. The summed E-state index contributed by atoms with van der Waals surface area (Å²) in [6, 6.07) is 13.3. The third-order valence-electron chi connectivity index (χ3n) is 4.33. The third kappa shape index (κ3) is 3.90. The Morgan fingerprint density at radius 3 is 2.66 bits per heavy atom. The van der Waals surface area contributed by atoms with E-state index < -0.39 is 0 Å². The number of alkyl halides is 1. The summed E-state index contributed by atoms with van der Waals surface area (Å²) >= 11 is 4.66. The summed E-state index contributed by atoms with van der Waals surface area (Å²) in [5.41, 5.74) is 1.91. The fourth-order valence-electron chi connectivity index (χ4n) is 2.93. The van der Waals surface area contributed by atoms with Crippen LogP contribution in [0.3, 0.4) is 0 Å². The second kappa shape index (κ2) is 8.34. The van der Waals surface area contributed by atoms with E-state index in [4.69, 9.17) is 9.47 Å². The molecule has 0 spiro atoms. The van der Waals surface area contributed by atoms with E-state index in [2.05, 4.69) is 20.9 Å². The molecule has 4 rings (SSSR count). The van der Waals surface area contributed by atoms with Gasteiger partial charge < -0.3 is 9.47 Å². The minimum Gasteiger partial charge on any atom is -0.493 e. The minimum absolute atomic E-state index is 0.176. The van der Waals surface area contributed by atoms with E-state index in [1.807, 2.05) is 6.07 Å². The van der Waals surface area contributed by atoms with Crippen molar-refractivity contribution in [3.63, 3.8) is 0 Å². The van der Waals surface area contributed by atoms with Crippen molar-refractivity contribution in [2.24, 2.45) is 0 Å². The molecule has 0 aliphatic carbocycles. The van der Waals surface area contributed by atoms with Crippen LogP contribution in [0.5, 0.6) is 11.5 Å². The molecule has 2 heterocycles. The van der Waals surface area contributed by atoms with Crippen molar-refractivity contribution in [3.8, 4) is 27.6 Å². The number of ether oxygens (including phenoxy) is 2. The van der Waals surface area contributed by atoms with E-state index in [0.717, 1.165) is 10.4 Å². The molecule has 0 radical (unpaired) electrons. The van der Waals surface area contributed by atoms with Gasteiger partial charge in [-0.1, -0.05) is 28.1 Å². The molecule has 8 heteroatoms. The lowest BCUT2D eigenvalue weighted by atomic mass is 10.2. The van der Waals surface area contributed by atoms with Crippen molar-refractivity contribution >= 4 is 37.5 Å². The Kier molecular flexibility index (Phi) is 5.64. The molecule has 0 aliphatic heterocycles. The van der Waals surface area contributed by atoms with Gasteiger partial charge in [0.15, 0.2) is 11.5 Å². The highest BCUT2D eigenvalue weighted by Gasteiger charge is 2.13. The van der Waals surface area contributed by atoms with Gasteiger partial charge in [-0.15, -0.1) is 11.3 Å². The molecule has 0 bridgehead atoms. The van der Waals surface area contributed by atoms with Crippen LogP contribution in [0.25, 0.3) is 26.3 Å². The fourth-order valence-corrected chi connectivity index (χ4v) is 4.13. The average molecular weight is 475 g/mol. The first-order valence-corrected chi connectivity index (χ1v) is 10.7. The quantitative estimate of drug-likeness (QED) is 0.367. The first kappa shape index (κ1) is 19.6. The van der Waals surface area contributed by atoms with E-state index in [9.17, 15) is 9.18 Å².